The van der Waals surface area contributed by atoms with E-state index in [4.69, 9.17) is 31.9 Å². The number of carboxylic acids is 1. The van der Waals surface area contributed by atoms with E-state index in [-0.39, 0.29) is 27.5 Å². The average Bonchev–Trinajstić information content (AvgIpc) is 2.97. The number of thioether (sulfide) groups is 1. The van der Waals surface area contributed by atoms with Crippen molar-refractivity contribution in [1.29, 1.82) is 0 Å². The van der Waals surface area contributed by atoms with Gasteiger partial charge in [0.2, 0.25) is 5.89 Å². The van der Waals surface area contributed by atoms with E-state index in [2.05, 4.69) is 16.1 Å². The van der Waals surface area contributed by atoms with Crippen molar-refractivity contribution in [3.05, 3.63) is 33.5 Å². The van der Waals surface area contributed by atoms with Gasteiger partial charge in [-0.25, -0.2) is 4.79 Å². The lowest BCUT2D eigenvalue weighted by Gasteiger charge is -2.12. The van der Waals surface area contributed by atoms with Crippen LogP contribution in [0.25, 0.3) is 6.08 Å². The highest BCUT2D eigenvalue weighted by Gasteiger charge is 2.16. The Morgan fingerprint density at radius 2 is 2.28 bits per heavy atom. The third kappa shape index (κ3) is 4.92. The van der Waals surface area contributed by atoms with Crippen molar-refractivity contribution in [1.82, 2.24) is 10.2 Å². The van der Waals surface area contributed by atoms with Gasteiger partial charge in [0.15, 0.2) is 11.5 Å². The van der Waals surface area contributed by atoms with Gasteiger partial charge < -0.3 is 19.0 Å². The molecule has 0 amide bonds. The normalized spacial score (nSPS) is 11.0. The van der Waals surface area contributed by atoms with Gasteiger partial charge in [-0.05, 0) is 35.5 Å². The van der Waals surface area contributed by atoms with Crippen LogP contribution in [0.15, 0.2) is 26.7 Å². The van der Waals surface area contributed by atoms with Crippen molar-refractivity contribution >= 4 is 35.4 Å². The molecule has 0 aliphatic rings. The zero-order valence-electron chi connectivity index (χ0n) is 13.3. The van der Waals surface area contributed by atoms with E-state index in [0.29, 0.717) is 17.2 Å². The van der Waals surface area contributed by atoms with Gasteiger partial charge in [0.05, 0.1) is 12.1 Å². The van der Waals surface area contributed by atoms with E-state index in [9.17, 15) is 9.90 Å². The summed E-state index contributed by atoms with van der Waals surface area (Å²) in [5.74, 6) is 2.14. The Morgan fingerprint density at radius 3 is 2.84 bits per heavy atom. The fourth-order valence-corrected chi connectivity index (χ4v) is 2.77. The SMILES string of the molecule is C#CCOc1c(Cl)cc(/C=C(/Sc2nnc(C)o2)C(=O)O)cc1OC. The number of hydrogen-bond acceptors (Lipinski definition) is 7. The maximum atomic E-state index is 11.5. The van der Waals surface area contributed by atoms with Crippen molar-refractivity contribution in [3.8, 4) is 23.8 Å². The Kier molecular flexibility index (Phi) is 6.33. The van der Waals surface area contributed by atoms with Crippen LogP contribution in [0.3, 0.4) is 0 Å². The first kappa shape index (κ1) is 18.7. The van der Waals surface area contributed by atoms with E-state index in [0.717, 1.165) is 11.8 Å². The van der Waals surface area contributed by atoms with Crippen molar-refractivity contribution in [2.45, 2.75) is 12.1 Å². The predicted octanol–water partition coefficient (Wildman–Crippen LogP) is 3.27. The van der Waals surface area contributed by atoms with E-state index >= 15 is 0 Å². The number of rotatable bonds is 7. The fourth-order valence-electron chi connectivity index (χ4n) is 1.78. The highest BCUT2D eigenvalue weighted by molar-refractivity contribution is 8.03. The first-order valence-electron chi connectivity index (χ1n) is 6.81. The van der Waals surface area contributed by atoms with Gasteiger partial charge in [-0.1, -0.05) is 17.5 Å². The molecule has 0 bridgehead atoms. The summed E-state index contributed by atoms with van der Waals surface area (Å²) in [7, 11) is 1.44. The molecule has 1 heterocycles. The molecule has 2 aromatic rings. The number of aliphatic carboxylic acids is 1. The van der Waals surface area contributed by atoms with Gasteiger partial charge in [0, 0.05) is 6.92 Å². The molecule has 0 unspecified atom stereocenters. The number of ether oxygens (including phenoxy) is 2. The van der Waals surface area contributed by atoms with Crippen LogP contribution in [0, 0.1) is 19.3 Å². The Balaban J connectivity index is 2.37. The molecular weight excluding hydrogens is 368 g/mol. The van der Waals surface area contributed by atoms with E-state index in [1.165, 1.54) is 13.2 Å². The molecule has 0 saturated heterocycles. The molecule has 0 saturated carbocycles. The zero-order valence-corrected chi connectivity index (χ0v) is 14.8. The lowest BCUT2D eigenvalue weighted by Crippen LogP contribution is -1.99. The number of aromatic nitrogens is 2. The molecule has 1 aromatic heterocycles. The van der Waals surface area contributed by atoms with E-state index in [1.54, 1.807) is 19.1 Å². The highest BCUT2D eigenvalue weighted by Crippen LogP contribution is 2.38. The van der Waals surface area contributed by atoms with E-state index in [1.807, 2.05) is 0 Å². The molecule has 0 aliphatic carbocycles. The molecule has 25 heavy (non-hydrogen) atoms. The maximum Gasteiger partial charge on any atom is 0.342 e. The number of hydrogen-bond donors (Lipinski definition) is 1. The second-order valence-corrected chi connectivity index (χ2v) is 5.93. The van der Waals surface area contributed by atoms with Gasteiger partial charge in [-0.3, -0.25) is 0 Å². The molecule has 9 heteroatoms. The van der Waals surface area contributed by atoms with Crippen LogP contribution in [0.4, 0.5) is 0 Å². The standard InChI is InChI=1S/C16H13ClN2O5S/c1-4-5-23-14-11(17)6-10(7-12(14)22-3)8-13(15(20)21)25-16-19-18-9(2)24-16/h1,6-8H,5H2,2-3H3,(H,20,21)/b13-8+. The Bertz CT molecular complexity index is 857. The maximum absolute atomic E-state index is 11.5. The Labute approximate surface area is 153 Å². The second-order valence-electron chi connectivity index (χ2n) is 4.53. The number of nitrogens with zero attached hydrogens (tertiary/aromatic N) is 2. The minimum atomic E-state index is -1.15. The van der Waals surface area contributed by atoms with Crippen LogP contribution in [-0.2, 0) is 4.79 Å². The minimum absolute atomic E-state index is 0.0258. The van der Waals surface area contributed by atoms with Crippen LogP contribution < -0.4 is 9.47 Å². The molecule has 0 radical (unpaired) electrons. The van der Waals surface area contributed by atoms with Crippen molar-refractivity contribution in [3.63, 3.8) is 0 Å². The van der Waals surface area contributed by atoms with Gasteiger partial charge in [-0.15, -0.1) is 16.6 Å². The zero-order chi connectivity index (χ0) is 18.4. The Morgan fingerprint density at radius 1 is 1.52 bits per heavy atom. The molecule has 7 nitrogen and oxygen atoms in total. The first-order valence-corrected chi connectivity index (χ1v) is 8.00. The van der Waals surface area contributed by atoms with Gasteiger partial charge in [0.25, 0.3) is 5.22 Å². The average molecular weight is 381 g/mol. The molecule has 0 fully saturated rings. The molecule has 1 N–H and O–H groups in total. The summed E-state index contributed by atoms with van der Waals surface area (Å²) >= 11 is 7.01. The largest absolute Gasteiger partial charge is 0.493 e. The van der Waals surface area contributed by atoms with Gasteiger partial charge in [0.1, 0.15) is 11.5 Å². The molecule has 1 aromatic carbocycles. The number of carbonyl (C=O) groups is 1. The quantitative estimate of drug-likeness (QED) is 0.444. The molecule has 130 valence electrons. The lowest BCUT2D eigenvalue weighted by atomic mass is 10.2. The summed E-state index contributed by atoms with van der Waals surface area (Å²) in [5, 5.41) is 17.2. The summed E-state index contributed by atoms with van der Waals surface area (Å²) in [4.78, 5) is 11.4. The summed E-state index contributed by atoms with van der Waals surface area (Å²) in [6.45, 7) is 1.64. The smallest absolute Gasteiger partial charge is 0.342 e. The fraction of sp³-hybridized carbons (Fsp3) is 0.188. The van der Waals surface area contributed by atoms with Crippen molar-refractivity contribution in [2.24, 2.45) is 0 Å². The molecule has 0 aliphatic heterocycles. The topological polar surface area (TPSA) is 94.7 Å². The van der Waals surface area contributed by atoms with Gasteiger partial charge >= 0.3 is 5.97 Å². The predicted molar refractivity (Wildman–Crippen MR) is 92.8 cm³/mol. The third-order valence-corrected chi connectivity index (χ3v) is 3.90. The third-order valence-electron chi connectivity index (χ3n) is 2.76. The van der Waals surface area contributed by atoms with Crippen LogP contribution in [-0.4, -0.2) is 35.0 Å². The lowest BCUT2D eigenvalue weighted by molar-refractivity contribution is -0.131. The van der Waals surface area contributed by atoms with Crippen LogP contribution >= 0.6 is 23.4 Å². The monoisotopic (exact) mass is 380 g/mol. The van der Waals surface area contributed by atoms with E-state index < -0.39 is 5.97 Å². The molecule has 0 spiro atoms. The number of halogens is 1. The van der Waals surface area contributed by atoms with Crippen LogP contribution in [0.1, 0.15) is 11.5 Å². The minimum Gasteiger partial charge on any atom is -0.493 e. The molecule has 0 atom stereocenters. The van der Waals surface area contributed by atoms with Crippen LogP contribution in [0.5, 0.6) is 11.5 Å². The summed E-state index contributed by atoms with van der Waals surface area (Å²) < 4.78 is 15.8. The number of methoxy groups -OCH3 is 1. The number of aryl methyl sites for hydroxylation is 1. The summed E-state index contributed by atoms with van der Waals surface area (Å²) in [6, 6.07) is 3.12. The summed E-state index contributed by atoms with van der Waals surface area (Å²) in [6.07, 6.45) is 6.57. The molecular formula is C16H13ClN2O5S. The number of carboxylic acid groups (broad SMARTS) is 1. The Hall–Kier alpha value is -2.63. The number of terminal acetylenes is 1. The second kappa shape index (κ2) is 8.46. The summed E-state index contributed by atoms with van der Waals surface area (Å²) in [5.41, 5.74) is 0.496. The van der Waals surface area contributed by atoms with Crippen LogP contribution in [0.2, 0.25) is 5.02 Å². The molecule has 2 rings (SSSR count). The van der Waals surface area contributed by atoms with Crippen molar-refractivity contribution in [2.75, 3.05) is 13.7 Å². The van der Waals surface area contributed by atoms with Crippen molar-refractivity contribution < 1.29 is 23.8 Å². The van der Waals surface area contributed by atoms with Gasteiger partial charge in [-0.2, -0.15) is 0 Å². The first-order chi connectivity index (χ1) is 11.9. The number of benzene rings is 1. The highest BCUT2D eigenvalue weighted by atomic mass is 35.5.